The Morgan fingerprint density at radius 2 is 1.94 bits per heavy atom. The first kappa shape index (κ1) is 13.5. The fraction of sp³-hybridized carbons (Fsp3) is 0.917. The summed E-state index contributed by atoms with van der Waals surface area (Å²) in [4.78, 5) is 11.5. The molecule has 1 aliphatic heterocycles. The first-order valence-electron chi connectivity index (χ1n) is 5.64. The molecule has 1 rings (SSSR count). The van der Waals surface area contributed by atoms with Gasteiger partial charge in [-0.05, 0) is 41.2 Å². The van der Waals surface area contributed by atoms with Crippen molar-refractivity contribution in [3.63, 3.8) is 0 Å². The molecule has 0 aliphatic carbocycles. The quantitative estimate of drug-likeness (QED) is 0.745. The van der Waals surface area contributed by atoms with E-state index in [-0.39, 0.29) is 22.7 Å². The Labute approximate surface area is 97.7 Å². The predicted octanol–water partition coefficient (Wildman–Crippen LogP) is 1.49. The lowest BCUT2D eigenvalue weighted by Gasteiger charge is -2.38. The van der Waals surface area contributed by atoms with E-state index in [1.165, 1.54) is 7.11 Å². The van der Waals surface area contributed by atoms with Gasteiger partial charge in [0.05, 0.1) is 30.3 Å². The highest BCUT2D eigenvalue weighted by molar-refractivity contribution is 5.71. The van der Waals surface area contributed by atoms with Crippen LogP contribution in [-0.2, 0) is 14.3 Å². The second-order valence-corrected chi connectivity index (χ2v) is 5.63. The van der Waals surface area contributed by atoms with E-state index in [9.17, 15) is 4.79 Å². The van der Waals surface area contributed by atoms with E-state index in [0.29, 0.717) is 6.42 Å². The molecule has 0 aromatic carbocycles. The smallest absolute Gasteiger partial charge is 0.307 e. The third-order valence-electron chi connectivity index (χ3n) is 3.56. The maximum absolute atomic E-state index is 11.5. The molecule has 0 aromatic heterocycles. The summed E-state index contributed by atoms with van der Waals surface area (Å²) in [6, 6.07) is 0. The highest BCUT2D eigenvalue weighted by atomic mass is 16.5. The van der Waals surface area contributed by atoms with E-state index in [1.807, 2.05) is 34.7 Å². The van der Waals surface area contributed by atoms with Gasteiger partial charge in [0.2, 0.25) is 0 Å². The zero-order valence-corrected chi connectivity index (χ0v) is 11.1. The molecule has 0 saturated carbocycles. The lowest BCUT2D eigenvalue weighted by Crippen LogP contribution is -2.57. The van der Waals surface area contributed by atoms with Gasteiger partial charge >= 0.3 is 5.97 Å². The molecule has 0 radical (unpaired) electrons. The Kier molecular flexibility index (Phi) is 3.37. The van der Waals surface area contributed by atoms with Crippen LogP contribution in [0.1, 0.15) is 40.5 Å². The Morgan fingerprint density at radius 1 is 1.38 bits per heavy atom. The number of carbonyl (C=O) groups is 1. The number of rotatable bonds is 3. The first-order valence-corrected chi connectivity index (χ1v) is 5.64. The van der Waals surface area contributed by atoms with Gasteiger partial charge in [-0.25, -0.2) is 0 Å². The van der Waals surface area contributed by atoms with Crippen LogP contribution < -0.4 is 5.32 Å². The van der Waals surface area contributed by atoms with Crippen molar-refractivity contribution in [3.8, 4) is 0 Å². The van der Waals surface area contributed by atoms with Crippen LogP contribution in [0.5, 0.6) is 0 Å². The van der Waals surface area contributed by atoms with Crippen LogP contribution in [0.3, 0.4) is 0 Å². The number of hydrogen-bond acceptors (Lipinski definition) is 4. The van der Waals surface area contributed by atoms with Gasteiger partial charge in [-0.2, -0.15) is 0 Å². The van der Waals surface area contributed by atoms with E-state index in [4.69, 9.17) is 9.47 Å². The monoisotopic (exact) mass is 229 g/mol. The average molecular weight is 229 g/mol. The van der Waals surface area contributed by atoms with Crippen LogP contribution >= 0.6 is 0 Å². The van der Waals surface area contributed by atoms with Crippen LogP contribution in [0.25, 0.3) is 0 Å². The Balaban J connectivity index is 2.99. The Bertz CT molecular complexity index is 286. The average Bonchev–Trinajstić information content (AvgIpc) is 2.31. The van der Waals surface area contributed by atoms with Gasteiger partial charge in [-0.1, -0.05) is 0 Å². The first-order chi connectivity index (χ1) is 7.18. The van der Waals surface area contributed by atoms with Crippen molar-refractivity contribution < 1.29 is 14.3 Å². The number of nitrogens with one attached hydrogen (secondary N) is 1. The second kappa shape index (κ2) is 4.00. The summed E-state index contributed by atoms with van der Waals surface area (Å²) in [6.07, 6.45) is 1.12. The summed E-state index contributed by atoms with van der Waals surface area (Å²) in [5, 5.41) is 3.26. The highest BCUT2D eigenvalue weighted by Gasteiger charge is 2.57. The number of likely N-dealkylation sites (N-methyl/N-ethyl adjacent to an activating group) is 1. The van der Waals surface area contributed by atoms with E-state index in [0.717, 1.165) is 6.42 Å². The SMILES string of the molecule is CNC1(CC(=O)OC)CC(C)(C)OC1(C)C. The van der Waals surface area contributed by atoms with Gasteiger partial charge in [-0.15, -0.1) is 0 Å². The standard InChI is InChI=1S/C12H23NO3/c1-10(2)8-12(13-5,7-9(14)15-6)11(3,4)16-10/h13H,7-8H2,1-6H3. The van der Waals surface area contributed by atoms with E-state index >= 15 is 0 Å². The maximum atomic E-state index is 11.5. The van der Waals surface area contributed by atoms with Crippen LogP contribution in [0.2, 0.25) is 0 Å². The number of carbonyl (C=O) groups excluding carboxylic acids is 1. The molecule has 1 unspecified atom stereocenters. The van der Waals surface area contributed by atoms with Crippen molar-refractivity contribution in [1.82, 2.24) is 5.32 Å². The molecule has 1 atom stereocenters. The molecule has 1 saturated heterocycles. The summed E-state index contributed by atoms with van der Waals surface area (Å²) in [6.45, 7) is 8.12. The van der Waals surface area contributed by atoms with Crippen LogP contribution in [0.4, 0.5) is 0 Å². The van der Waals surface area contributed by atoms with Crippen LogP contribution in [0.15, 0.2) is 0 Å². The number of esters is 1. The van der Waals surface area contributed by atoms with Gasteiger partial charge in [0.15, 0.2) is 0 Å². The minimum atomic E-state index is -0.389. The number of methoxy groups -OCH3 is 1. The summed E-state index contributed by atoms with van der Waals surface area (Å²) in [7, 11) is 3.29. The van der Waals surface area contributed by atoms with Crippen molar-refractivity contribution in [2.75, 3.05) is 14.2 Å². The fourth-order valence-corrected chi connectivity index (χ4v) is 2.84. The molecular formula is C12H23NO3. The van der Waals surface area contributed by atoms with Gasteiger partial charge in [0.1, 0.15) is 0 Å². The molecular weight excluding hydrogens is 206 g/mol. The fourth-order valence-electron chi connectivity index (χ4n) is 2.84. The van der Waals surface area contributed by atoms with Crippen molar-refractivity contribution in [2.45, 2.75) is 57.3 Å². The molecule has 94 valence electrons. The lowest BCUT2D eigenvalue weighted by molar-refractivity contribution is -0.145. The van der Waals surface area contributed by atoms with Crippen molar-refractivity contribution in [3.05, 3.63) is 0 Å². The van der Waals surface area contributed by atoms with Crippen LogP contribution in [0, 0.1) is 0 Å². The van der Waals surface area contributed by atoms with E-state index in [1.54, 1.807) is 0 Å². The van der Waals surface area contributed by atoms with Crippen LogP contribution in [-0.4, -0.2) is 36.9 Å². The molecule has 0 spiro atoms. The third kappa shape index (κ3) is 2.23. The molecule has 0 bridgehead atoms. The zero-order valence-electron chi connectivity index (χ0n) is 11.1. The Morgan fingerprint density at radius 3 is 2.25 bits per heavy atom. The molecule has 1 aliphatic rings. The second-order valence-electron chi connectivity index (χ2n) is 5.63. The molecule has 1 heterocycles. The van der Waals surface area contributed by atoms with E-state index < -0.39 is 0 Å². The third-order valence-corrected chi connectivity index (χ3v) is 3.56. The summed E-state index contributed by atoms with van der Waals surface area (Å²) < 4.78 is 10.8. The van der Waals surface area contributed by atoms with Gasteiger partial charge in [0, 0.05) is 0 Å². The molecule has 4 heteroatoms. The molecule has 16 heavy (non-hydrogen) atoms. The summed E-state index contributed by atoms with van der Waals surface area (Å²) in [5.41, 5.74) is -0.969. The summed E-state index contributed by atoms with van der Waals surface area (Å²) in [5.74, 6) is -0.205. The molecule has 4 nitrogen and oxygen atoms in total. The normalized spacial score (nSPS) is 31.4. The van der Waals surface area contributed by atoms with Gasteiger partial charge in [0.25, 0.3) is 0 Å². The van der Waals surface area contributed by atoms with Crippen molar-refractivity contribution in [1.29, 1.82) is 0 Å². The van der Waals surface area contributed by atoms with Crippen molar-refractivity contribution >= 4 is 5.97 Å². The topological polar surface area (TPSA) is 47.6 Å². The zero-order chi connectivity index (χ0) is 12.6. The maximum Gasteiger partial charge on any atom is 0.307 e. The minimum absolute atomic E-state index is 0.205. The predicted molar refractivity (Wildman–Crippen MR) is 62.3 cm³/mol. The lowest BCUT2D eigenvalue weighted by atomic mass is 9.76. The van der Waals surface area contributed by atoms with Crippen molar-refractivity contribution in [2.24, 2.45) is 0 Å². The minimum Gasteiger partial charge on any atom is -0.469 e. The highest BCUT2D eigenvalue weighted by Crippen LogP contribution is 2.46. The van der Waals surface area contributed by atoms with E-state index in [2.05, 4.69) is 5.32 Å². The number of ether oxygens (including phenoxy) is 2. The molecule has 0 amide bonds. The van der Waals surface area contributed by atoms with Gasteiger partial charge in [-0.3, -0.25) is 4.79 Å². The summed E-state index contributed by atoms with van der Waals surface area (Å²) >= 11 is 0. The largest absolute Gasteiger partial charge is 0.469 e. The molecule has 0 aromatic rings. The molecule has 1 fully saturated rings. The molecule has 1 N–H and O–H groups in total. The number of hydrogen-bond donors (Lipinski definition) is 1. The van der Waals surface area contributed by atoms with Gasteiger partial charge < -0.3 is 14.8 Å². The Hall–Kier alpha value is -0.610.